The molecule has 0 radical (unpaired) electrons. The average molecular weight is 482 g/mol. The number of carbonyl (C=O) groups is 1. The Labute approximate surface area is 201 Å². The van der Waals surface area contributed by atoms with E-state index in [9.17, 15) is 4.79 Å². The summed E-state index contributed by atoms with van der Waals surface area (Å²) in [5.41, 5.74) is 2.04. The van der Waals surface area contributed by atoms with Gasteiger partial charge in [0.25, 0.3) is 0 Å². The highest BCUT2D eigenvalue weighted by Gasteiger charge is 2.16. The van der Waals surface area contributed by atoms with Gasteiger partial charge in [-0.05, 0) is 44.1 Å². The summed E-state index contributed by atoms with van der Waals surface area (Å²) in [6.07, 6.45) is 4.99. The van der Waals surface area contributed by atoms with E-state index in [1.54, 1.807) is 17.7 Å². The third-order valence-corrected chi connectivity index (χ3v) is 6.94. The highest BCUT2D eigenvalue weighted by Crippen LogP contribution is 2.25. The van der Waals surface area contributed by atoms with Crippen molar-refractivity contribution in [3.63, 3.8) is 0 Å². The molecular weight excluding hydrogens is 454 g/mol. The molecule has 1 aromatic carbocycles. The van der Waals surface area contributed by atoms with Crippen molar-refractivity contribution in [1.29, 1.82) is 0 Å². The van der Waals surface area contributed by atoms with Gasteiger partial charge < -0.3 is 15.5 Å². The number of nitrogens with one attached hydrogen (secondary N) is 3. The fraction of sp³-hybridized carbons (Fsp3) is 0.304. The smallest absolute Gasteiger partial charge is 0.321 e. The molecular formula is C23H27N7OS2. The molecule has 0 saturated heterocycles. The van der Waals surface area contributed by atoms with Crippen molar-refractivity contribution in [2.75, 3.05) is 37.8 Å². The molecule has 0 aliphatic carbocycles. The van der Waals surface area contributed by atoms with Gasteiger partial charge in [-0.3, -0.25) is 5.32 Å². The van der Waals surface area contributed by atoms with E-state index in [4.69, 9.17) is 0 Å². The summed E-state index contributed by atoms with van der Waals surface area (Å²) in [5.74, 6) is 0.849. The Morgan fingerprint density at radius 3 is 2.79 bits per heavy atom. The number of aromatic nitrogens is 3. The molecule has 3 aromatic heterocycles. The lowest BCUT2D eigenvalue weighted by Gasteiger charge is -2.21. The van der Waals surface area contributed by atoms with Crippen LogP contribution in [0.1, 0.15) is 22.9 Å². The van der Waals surface area contributed by atoms with Crippen LogP contribution in [0.3, 0.4) is 0 Å². The number of urea groups is 1. The molecule has 10 heteroatoms. The number of thiophene rings is 1. The summed E-state index contributed by atoms with van der Waals surface area (Å²) in [7, 11) is 4.06. The summed E-state index contributed by atoms with van der Waals surface area (Å²) in [4.78, 5) is 28.8. The van der Waals surface area contributed by atoms with Crippen LogP contribution < -0.4 is 16.0 Å². The maximum atomic E-state index is 12.7. The van der Waals surface area contributed by atoms with E-state index in [1.807, 2.05) is 62.1 Å². The topological polar surface area (TPSA) is 95.1 Å². The molecule has 0 fully saturated rings. The lowest BCUT2D eigenvalue weighted by molar-refractivity contribution is 0.246. The van der Waals surface area contributed by atoms with Gasteiger partial charge in [-0.1, -0.05) is 30.3 Å². The van der Waals surface area contributed by atoms with Crippen LogP contribution in [0.4, 0.5) is 15.7 Å². The van der Waals surface area contributed by atoms with Gasteiger partial charge in [0.15, 0.2) is 5.13 Å². The van der Waals surface area contributed by atoms with Crippen LogP contribution in [-0.4, -0.2) is 53.1 Å². The molecule has 3 heterocycles. The molecule has 33 heavy (non-hydrogen) atoms. The predicted octanol–water partition coefficient (Wildman–Crippen LogP) is 4.62. The van der Waals surface area contributed by atoms with Gasteiger partial charge in [-0.15, -0.1) is 22.7 Å². The molecule has 0 bridgehead atoms. The van der Waals surface area contributed by atoms with Crippen LogP contribution >= 0.6 is 22.7 Å². The molecule has 172 valence electrons. The molecule has 8 nitrogen and oxygen atoms in total. The van der Waals surface area contributed by atoms with Gasteiger partial charge in [0.2, 0.25) is 0 Å². The van der Waals surface area contributed by atoms with E-state index in [0.29, 0.717) is 5.13 Å². The van der Waals surface area contributed by atoms with Gasteiger partial charge in [-0.2, -0.15) is 0 Å². The molecule has 0 aliphatic rings. The Morgan fingerprint density at radius 2 is 1.97 bits per heavy atom. The van der Waals surface area contributed by atoms with E-state index in [0.717, 1.165) is 52.4 Å². The van der Waals surface area contributed by atoms with Gasteiger partial charge in [0.05, 0.1) is 16.3 Å². The number of benzene rings is 1. The zero-order chi connectivity index (χ0) is 23.0. The monoisotopic (exact) mass is 481 g/mol. The second-order valence-electron chi connectivity index (χ2n) is 7.82. The number of rotatable bonds is 10. The van der Waals surface area contributed by atoms with Crippen LogP contribution in [-0.2, 0) is 6.42 Å². The second kappa shape index (κ2) is 11.2. The van der Waals surface area contributed by atoms with Gasteiger partial charge >= 0.3 is 6.03 Å². The molecule has 0 aliphatic heterocycles. The molecule has 0 saturated carbocycles. The number of hydrogen-bond acceptors (Lipinski definition) is 8. The van der Waals surface area contributed by atoms with E-state index in [1.165, 1.54) is 11.3 Å². The number of anilines is 2. The molecule has 1 atom stereocenters. The van der Waals surface area contributed by atoms with E-state index in [-0.39, 0.29) is 12.1 Å². The molecule has 3 N–H and O–H groups in total. The Morgan fingerprint density at radius 1 is 1.12 bits per heavy atom. The third-order valence-electron chi connectivity index (χ3n) is 5.05. The summed E-state index contributed by atoms with van der Waals surface area (Å²) in [5, 5.41) is 11.9. The van der Waals surface area contributed by atoms with Crippen LogP contribution in [0, 0.1) is 0 Å². The minimum atomic E-state index is -0.247. The van der Waals surface area contributed by atoms with Gasteiger partial charge in [-0.25, -0.2) is 19.7 Å². The van der Waals surface area contributed by atoms with Gasteiger partial charge in [0, 0.05) is 24.0 Å². The van der Waals surface area contributed by atoms with E-state index in [2.05, 4.69) is 35.8 Å². The Bertz CT molecular complexity index is 1180. The number of hydrogen-bond donors (Lipinski definition) is 3. The number of nitrogens with zero attached hydrogens (tertiary/aromatic N) is 4. The zero-order valence-electron chi connectivity index (χ0n) is 18.6. The van der Waals surface area contributed by atoms with Crippen molar-refractivity contribution in [2.24, 2.45) is 0 Å². The lowest BCUT2D eigenvalue weighted by atomic mass is 10.0. The van der Waals surface area contributed by atoms with Crippen LogP contribution in [0.25, 0.3) is 10.2 Å². The first kappa shape index (κ1) is 23.1. The molecule has 1 unspecified atom stereocenters. The maximum Gasteiger partial charge on any atom is 0.321 e. The number of carbonyl (C=O) groups excluding carboxylic acids is 1. The minimum absolute atomic E-state index is 0.0702. The Hall–Kier alpha value is -3.08. The minimum Gasteiger partial charge on any atom is -0.368 e. The normalized spacial score (nSPS) is 12.1. The van der Waals surface area contributed by atoms with Crippen molar-refractivity contribution < 1.29 is 4.79 Å². The van der Waals surface area contributed by atoms with Crippen molar-refractivity contribution in [3.05, 3.63) is 64.7 Å². The average Bonchev–Trinajstić information content (AvgIpc) is 3.47. The van der Waals surface area contributed by atoms with Crippen LogP contribution in [0.15, 0.2) is 54.3 Å². The summed E-state index contributed by atoms with van der Waals surface area (Å²) in [6, 6.07) is 11.7. The van der Waals surface area contributed by atoms with Crippen LogP contribution in [0.5, 0.6) is 0 Å². The van der Waals surface area contributed by atoms with Crippen LogP contribution in [0.2, 0.25) is 0 Å². The fourth-order valence-corrected chi connectivity index (χ4v) is 5.00. The molecule has 4 aromatic rings. The molecule has 4 rings (SSSR count). The molecule has 0 spiro atoms. The summed E-state index contributed by atoms with van der Waals surface area (Å²) < 4.78 is 1.06. The fourth-order valence-electron chi connectivity index (χ4n) is 3.39. The maximum absolute atomic E-state index is 12.7. The quantitative estimate of drug-likeness (QED) is 0.306. The Kier molecular flexibility index (Phi) is 7.82. The zero-order valence-corrected chi connectivity index (χ0v) is 20.2. The first-order valence-electron chi connectivity index (χ1n) is 10.7. The molecule has 2 amide bonds. The van der Waals surface area contributed by atoms with Crippen molar-refractivity contribution >= 4 is 49.9 Å². The van der Waals surface area contributed by atoms with E-state index >= 15 is 0 Å². The predicted molar refractivity (Wildman–Crippen MR) is 136 cm³/mol. The third kappa shape index (κ3) is 6.47. The van der Waals surface area contributed by atoms with Crippen molar-refractivity contribution in [3.8, 4) is 0 Å². The van der Waals surface area contributed by atoms with E-state index < -0.39 is 0 Å². The largest absolute Gasteiger partial charge is 0.368 e. The Balaban J connectivity index is 1.29. The highest BCUT2D eigenvalue weighted by molar-refractivity contribution is 7.17. The summed E-state index contributed by atoms with van der Waals surface area (Å²) in [6.45, 7) is 1.59. The first-order valence-corrected chi connectivity index (χ1v) is 12.4. The number of fused-ring (bicyclic) bond motifs is 1. The number of thiazole rings is 1. The number of amides is 2. The van der Waals surface area contributed by atoms with Crippen molar-refractivity contribution in [1.82, 2.24) is 25.2 Å². The highest BCUT2D eigenvalue weighted by atomic mass is 32.1. The lowest BCUT2D eigenvalue weighted by Crippen LogP contribution is -2.34. The summed E-state index contributed by atoms with van der Waals surface area (Å²) >= 11 is 3.11. The standard InChI is InChI=1S/C23H27N7OS2/c1-30(2)12-9-18(16-6-4-3-5-7-16)28-22(31)29-23-25-14-17(33-23)8-11-24-21-20-19(10-13-32-20)26-15-27-21/h3-7,10,13-15,18H,8-9,11-12H2,1-2H3,(H,24,26,27)(H2,25,28,29,31). The van der Waals surface area contributed by atoms with Crippen molar-refractivity contribution in [2.45, 2.75) is 18.9 Å². The van der Waals surface area contributed by atoms with Gasteiger partial charge in [0.1, 0.15) is 12.1 Å². The SMILES string of the molecule is CN(C)CCC(NC(=O)Nc1ncc(CCNc2ncnc3ccsc23)s1)c1ccccc1. The first-order chi connectivity index (χ1) is 16.1. The second-order valence-corrected chi connectivity index (χ2v) is 9.85.